The number of amides is 1. The van der Waals surface area contributed by atoms with Crippen molar-refractivity contribution in [2.45, 2.75) is 289 Å². The lowest BCUT2D eigenvalue weighted by molar-refractivity contribution is -0.870. The van der Waals surface area contributed by atoms with Gasteiger partial charge in [0.15, 0.2) is 0 Å². The third-order valence-electron chi connectivity index (χ3n) is 13.1. The number of hydrogen-bond acceptors (Lipinski definition) is 5. The van der Waals surface area contributed by atoms with Crippen molar-refractivity contribution in [3.05, 3.63) is 36.5 Å². The molecule has 3 N–H and O–H groups in total. The molecule has 396 valence electrons. The van der Waals surface area contributed by atoms with Crippen molar-refractivity contribution in [2.24, 2.45) is 0 Å². The van der Waals surface area contributed by atoms with Gasteiger partial charge in [-0.25, -0.2) is 4.57 Å². The van der Waals surface area contributed by atoms with E-state index in [1.807, 2.05) is 27.2 Å². The van der Waals surface area contributed by atoms with E-state index in [1.165, 1.54) is 205 Å². The van der Waals surface area contributed by atoms with E-state index in [2.05, 4.69) is 43.5 Å². The summed E-state index contributed by atoms with van der Waals surface area (Å²) in [7, 11) is 1.57. The number of aliphatic hydroxyl groups is 1. The number of allylic oxidation sites excluding steroid dienone is 5. The van der Waals surface area contributed by atoms with Crippen molar-refractivity contribution in [2.75, 3.05) is 40.9 Å². The van der Waals surface area contributed by atoms with Gasteiger partial charge in [-0.2, -0.15) is 0 Å². The first-order valence-corrected chi connectivity index (χ1v) is 30.4. The molecule has 0 aromatic rings. The highest BCUT2D eigenvalue weighted by Gasteiger charge is 2.27. The lowest BCUT2D eigenvalue weighted by Crippen LogP contribution is -2.45. The Morgan fingerprint density at radius 3 is 1.25 bits per heavy atom. The van der Waals surface area contributed by atoms with Crippen LogP contribution in [0.1, 0.15) is 277 Å². The Morgan fingerprint density at radius 1 is 0.507 bits per heavy atom. The zero-order valence-corrected chi connectivity index (χ0v) is 46.0. The molecule has 9 heteroatoms. The molecule has 0 aromatic heterocycles. The summed E-state index contributed by atoms with van der Waals surface area (Å²) in [5.74, 6) is -0.183. The number of aliphatic hydroxyl groups excluding tert-OH is 1. The highest BCUT2D eigenvalue weighted by molar-refractivity contribution is 7.47. The molecule has 0 radical (unpaired) electrons. The van der Waals surface area contributed by atoms with Gasteiger partial charge in [-0.15, -0.1) is 0 Å². The summed E-state index contributed by atoms with van der Waals surface area (Å²) >= 11 is 0. The van der Waals surface area contributed by atoms with Gasteiger partial charge in [-0.3, -0.25) is 13.8 Å². The molecule has 3 unspecified atom stereocenters. The number of phosphoric acid groups is 1. The predicted octanol–water partition coefficient (Wildman–Crippen LogP) is 17.4. The van der Waals surface area contributed by atoms with Crippen LogP contribution in [0.5, 0.6) is 0 Å². The van der Waals surface area contributed by atoms with Gasteiger partial charge in [-0.05, 0) is 51.4 Å². The quantitative estimate of drug-likeness (QED) is 0.0243. The van der Waals surface area contributed by atoms with Crippen molar-refractivity contribution in [1.29, 1.82) is 0 Å². The normalized spacial score (nSPS) is 14.2. The van der Waals surface area contributed by atoms with Gasteiger partial charge in [0, 0.05) is 6.42 Å². The lowest BCUT2D eigenvalue weighted by atomic mass is 10.0. The molecule has 0 saturated heterocycles. The van der Waals surface area contributed by atoms with Crippen LogP contribution in [0.15, 0.2) is 36.5 Å². The van der Waals surface area contributed by atoms with Crippen LogP contribution in [-0.2, 0) is 18.4 Å². The van der Waals surface area contributed by atoms with Crippen LogP contribution in [-0.4, -0.2) is 73.4 Å². The van der Waals surface area contributed by atoms with E-state index in [1.54, 1.807) is 6.08 Å². The summed E-state index contributed by atoms with van der Waals surface area (Å²) in [6, 6.07) is -0.851. The lowest BCUT2D eigenvalue weighted by Gasteiger charge is -2.25. The van der Waals surface area contributed by atoms with Crippen LogP contribution >= 0.6 is 7.82 Å². The van der Waals surface area contributed by atoms with Crippen molar-refractivity contribution in [3.8, 4) is 0 Å². The number of hydrogen-bond donors (Lipinski definition) is 3. The molecule has 0 fully saturated rings. The number of rotatable bonds is 53. The maximum atomic E-state index is 13.0. The molecule has 0 saturated carbocycles. The first kappa shape index (κ1) is 65.7. The van der Waals surface area contributed by atoms with Crippen LogP contribution < -0.4 is 5.32 Å². The maximum Gasteiger partial charge on any atom is 0.472 e. The van der Waals surface area contributed by atoms with E-state index in [0.717, 1.165) is 51.4 Å². The number of carbonyl (C=O) groups is 1. The molecule has 67 heavy (non-hydrogen) atoms. The molecular weight excluding hydrogens is 852 g/mol. The fraction of sp³-hybridized carbons (Fsp3) is 0.879. The second kappa shape index (κ2) is 49.7. The summed E-state index contributed by atoms with van der Waals surface area (Å²) in [5.41, 5.74) is 0. The number of unbranched alkanes of at least 4 members (excludes halogenated alkanes) is 36. The van der Waals surface area contributed by atoms with Crippen LogP contribution in [0.25, 0.3) is 0 Å². The summed E-state index contributed by atoms with van der Waals surface area (Å²) in [6.07, 6.45) is 63.9. The molecule has 0 aromatic carbocycles. The highest BCUT2D eigenvalue weighted by Crippen LogP contribution is 2.43. The Labute approximate surface area is 417 Å². The Morgan fingerprint density at radius 2 is 0.851 bits per heavy atom. The van der Waals surface area contributed by atoms with Gasteiger partial charge < -0.3 is 19.8 Å². The fourth-order valence-electron chi connectivity index (χ4n) is 8.54. The standard InChI is InChI=1S/C58H113N2O6P/c1-6-8-10-12-14-16-18-20-22-24-25-26-27-28-29-30-31-32-33-34-36-37-39-41-43-45-47-49-51-57(61)56(55-66-67(63,64)65-54-53-60(3,4)5)59-58(62)52-50-48-46-44-42-40-38-35-23-21-19-17-15-13-11-9-7-2/h15,17,21,23,49,51,56-57,61H,6-14,16,18-20,22,24-48,50,52-55H2,1-5H3,(H-,59,62,63,64)/p+1/b17-15-,23-21-,51-49+. The number of likely N-dealkylation sites (N-methyl/N-ethyl adjacent to an activating group) is 1. The minimum atomic E-state index is -4.35. The van der Waals surface area contributed by atoms with Crippen LogP contribution in [0, 0.1) is 0 Å². The van der Waals surface area contributed by atoms with E-state index < -0.39 is 20.0 Å². The molecule has 0 bridgehead atoms. The Balaban J connectivity index is 4.17. The second-order valence-electron chi connectivity index (χ2n) is 21.0. The Kier molecular flexibility index (Phi) is 48.7. The minimum absolute atomic E-state index is 0.0601. The molecule has 3 atom stereocenters. The monoisotopic (exact) mass is 966 g/mol. The van der Waals surface area contributed by atoms with E-state index in [-0.39, 0.29) is 19.1 Å². The van der Waals surface area contributed by atoms with Gasteiger partial charge in [0.25, 0.3) is 0 Å². The summed E-state index contributed by atoms with van der Waals surface area (Å²) in [4.78, 5) is 23.3. The number of nitrogens with zero attached hydrogens (tertiary/aromatic N) is 1. The number of nitrogens with one attached hydrogen (secondary N) is 1. The predicted molar refractivity (Wildman–Crippen MR) is 291 cm³/mol. The zero-order chi connectivity index (χ0) is 49.2. The van der Waals surface area contributed by atoms with Gasteiger partial charge >= 0.3 is 7.82 Å². The summed E-state index contributed by atoms with van der Waals surface area (Å²) < 4.78 is 23.7. The smallest absolute Gasteiger partial charge is 0.387 e. The van der Waals surface area contributed by atoms with Gasteiger partial charge in [0.2, 0.25) is 5.91 Å². The molecule has 0 rings (SSSR count). The van der Waals surface area contributed by atoms with Crippen molar-refractivity contribution < 1.29 is 32.9 Å². The zero-order valence-electron chi connectivity index (χ0n) is 45.2. The topological polar surface area (TPSA) is 105 Å². The Bertz CT molecular complexity index is 1190. The first-order valence-electron chi connectivity index (χ1n) is 28.9. The van der Waals surface area contributed by atoms with Crippen molar-refractivity contribution in [3.63, 3.8) is 0 Å². The number of quaternary nitrogens is 1. The average Bonchev–Trinajstić information content (AvgIpc) is 3.29. The van der Waals surface area contributed by atoms with Crippen LogP contribution in [0.2, 0.25) is 0 Å². The molecule has 0 aliphatic heterocycles. The minimum Gasteiger partial charge on any atom is -0.387 e. The van der Waals surface area contributed by atoms with Crippen LogP contribution in [0.4, 0.5) is 0 Å². The van der Waals surface area contributed by atoms with Crippen molar-refractivity contribution in [1.82, 2.24) is 5.32 Å². The van der Waals surface area contributed by atoms with Gasteiger partial charge in [0.05, 0.1) is 39.9 Å². The molecule has 0 heterocycles. The van der Waals surface area contributed by atoms with E-state index >= 15 is 0 Å². The summed E-state index contributed by atoms with van der Waals surface area (Å²) in [6.45, 7) is 4.81. The van der Waals surface area contributed by atoms with Crippen LogP contribution in [0.3, 0.4) is 0 Å². The number of phosphoric ester groups is 1. The molecular formula is C58H114N2O6P+. The first-order chi connectivity index (χ1) is 32.5. The third-order valence-corrected chi connectivity index (χ3v) is 14.1. The molecule has 0 spiro atoms. The second-order valence-corrected chi connectivity index (χ2v) is 22.5. The van der Waals surface area contributed by atoms with Crippen molar-refractivity contribution >= 4 is 13.7 Å². The van der Waals surface area contributed by atoms with Gasteiger partial charge in [0.1, 0.15) is 13.2 Å². The van der Waals surface area contributed by atoms with E-state index in [4.69, 9.17) is 9.05 Å². The molecule has 0 aliphatic rings. The molecule has 1 amide bonds. The fourth-order valence-corrected chi connectivity index (χ4v) is 9.28. The molecule has 8 nitrogen and oxygen atoms in total. The highest BCUT2D eigenvalue weighted by atomic mass is 31.2. The SMILES string of the molecule is CCCCC/C=C\C/C=C\CCCCCCCCCC(=O)NC(COP(=O)(O)OCC[N+](C)(C)C)C(O)/C=C/CCCCCCCCCCCCCCCCCCCCCCCCCCCC. The Hall–Kier alpha value is -1.28. The summed E-state index contributed by atoms with van der Waals surface area (Å²) in [5, 5.41) is 13.9. The maximum absolute atomic E-state index is 13.0. The van der Waals surface area contributed by atoms with E-state index in [0.29, 0.717) is 17.4 Å². The molecule has 0 aliphatic carbocycles. The van der Waals surface area contributed by atoms with Gasteiger partial charge in [-0.1, -0.05) is 256 Å². The largest absolute Gasteiger partial charge is 0.472 e. The third kappa shape index (κ3) is 52.4. The number of carbonyl (C=O) groups excluding carboxylic acids is 1. The van der Waals surface area contributed by atoms with E-state index in [9.17, 15) is 19.4 Å². The average molecular weight is 967 g/mol.